The van der Waals surface area contributed by atoms with Crippen LogP contribution in [0.1, 0.15) is 21.5 Å². The van der Waals surface area contributed by atoms with E-state index in [0.717, 1.165) is 23.0 Å². The number of hydrogen-bond donors (Lipinski definition) is 2. The van der Waals surface area contributed by atoms with Crippen LogP contribution in [0.4, 0.5) is 0 Å². The van der Waals surface area contributed by atoms with Crippen molar-refractivity contribution < 1.29 is 9.90 Å². The number of rotatable bonds is 5. The van der Waals surface area contributed by atoms with Crippen LogP contribution in [0.3, 0.4) is 0 Å². The Morgan fingerprint density at radius 2 is 1.74 bits per heavy atom. The molecule has 4 rings (SSSR count). The first-order valence-electron chi connectivity index (χ1n) is 8.75. The molecule has 5 heteroatoms. The van der Waals surface area contributed by atoms with E-state index in [9.17, 15) is 9.90 Å². The van der Waals surface area contributed by atoms with Crippen molar-refractivity contribution >= 4 is 16.8 Å². The molecule has 0 aliphatic rings. The Balaban J connectivity index is 1.45. The number of phenolic OH excluding ortho intramolecular Hbond substituents is 1. The molecule has 1 aromatic heterocycles. The summed E-state index contributed by atoms with van der Waals surface area (Å²) in [6, 6.07) is 22.4. The zero-order valence-corrected chi connectivity index (χ0v) is 14.7. The van der Waals surface area contributed by atoms with Gasteiger partial charge in [0, 0.05) is 23.7 Å². The number of phenols is 1. The van der Waals surface area contributed by atoms with Crippen LogP contribution in [0, 0.1) is 0 Å². The minimum absolute atomic E-state index is 0.142. The second-order valence-corrected chi connectivity index (χ2v) is 6.43. The Morgan fingerprint density at radius 1 is 0.963 bits per heavy atom. The predicted molar refractivity (Wildman–Crippen MR) is 105 cm³/mol. The molecule has 3 aromatic carbocycles. The van der Waals surface area contributed by atoms with E-state index in [0.29, 0.717) is 12.1 Å². The molecule has 0 atom stereocenters. The number of carbonyl (C=O) groups is 1. The quantitative estimate of drug-likeness (QED) is 0.572. The van der Waals surface area contributed by atoms with E-state index in [1.807, 2.05) is 47.3 Å². The Labute approximate surface area is 156 Å². The van der Waals surface area contributed by atoms with Crippen molar-refractivity contribution in [1.82, 2.24) is 15.1 Å². The van der Waals surface area contributed by atoms with Gasteiger partial charge in [-0.1, -0.05) is 42.5 Å². The minimum Gasteiger partial charge on any atom is -0.508 e. The van der Waals surface area contributed by atoms with Gasteiger partial charge >= 0.3 is 0 Å². The number of aromatic nitrogens is 2. The molecule has 0 unspecified atom stereocenters. The van der Waals surface area contributed by atoms with Gasteiger partial charge in [-0.2, -0.15) is 5.10 Å². The Morgan fingerprint density at radius 3 is 2.52 bits per heavy atom. The summed E-state index contributed by atoms with van der Waals surface area (Å²) < 4.78 is 1.93. The van der Waals surface area contributed by atoms with Crippen LogP contribution in [0.15, 0.2) is 79.0 Å². The number of nitrogens with zero attached hydrogens (tertiary/aromatic N) is 2. The van der Waals surface area contributed by atoms with Crippen LogP contribution in [-0.2, 0) is 13.1 Å². The lowest BCUT2D eigenvalue weighted by Gasteiger charge is -2.05. The molecule has 0 aliphatic carbocycles. The van der Waals surface area contributed by atoms with Crippen molar-refractivity contribution in [2.45, 2.75) is 13.1 Å². The second kappa shape index (κ2) is 7.33. The first-order chi connectivity index (χ1) is 13.2. The zero-order chi connectivity index (χ0) is 18.6. The van der Waals surface area contributed by atoms with Crippen molar-refractivity contribution in [1.29, 1.82) is 0 Å². The molecule has 0 spiro atoms. The highest BCUT2D eigenvalue weighted by molar-refractivity contribution is 5.94. The summed E-state index contributed by atoms with van der Waals surface area (Å²) in [5, 5.41) is 17.9. The van der Waals surface area contributed by atoms with E-state index >= 15 is 0 Å². The van der Waals surface area contributed by atoms with E-state index in [-0.39, 0.29) is 11.7 Å². The number of nitrogens with one attached hydrogen (secondary N) is 1. The molecule has 1 amide bonds. The molecule has 27 heavy (non-hydrogen) atoms. The van der Waals surface area contributed by atoms with Gasteiger partial charge in [-0.05, 0) is 41.5 Å². The first-order valence-corrected chi connectivity index (χ1v) is 8.75. The van der Waals surface area contributed by atoms with Crippen molar-refractivity contribution in [2.24, 2.45) is 0 Å². The molecule has 2 N–H and O–H groups in total. The molecule has 1 heterocycles. The van der Waals surface area contributed by atoms with E-state index < -0.39 is 0 Å². The standard InChI is InChI=1S/C22H19N3O2/c26-20-10-8-18(9-11-20)22(27)23-13-17-6-7-19-15-25(24-21(19)12-17)14-16-4-2-1-3-5-16/h1-12,15,26H,13-14H2,(H,23,27). The maximum Gasteiger partial charge on any atom is 0.251 e. The van der Waals surface area contributed by atoms with Crippen LogP contribution in [0.5, 0.6) is 5.75 Å². The number of hydrogen-bond acceptors (Lipinski definition) is 3. The van der Waals surface area contributed by atoms with Gasteiger partial charge in [0.1, 0.15) is 5.75 Å². The zero-order valence-electron chi connectivity index (χ0n) is 14.7. The summed E-state index contributed by atoms with van der Waals surface area (Å²) in [5.74, 6) is -0.0344. The fraction of sp³-hybridized carbons (Fsp3) is 0.0909. The van der Waals surface area contributed by atoms with Crippen LogP contribution in [0.25, 0.3) is 10.9 Å². The van der Waals surface area contributed by atoms with Gasteiger partial charge in [0.15, 0.2) is 0 Å². The Bertz CT molecular complexity index is 1070. The highest BCUT2D eigenvalue weighted by Gasteiger charge is 2.07. The van der Waals surface area contributed by atoms with Crippen LogP contribution < -0.4 is 5.32 Å². The maximum atomic E-state index is 12.2. The SMILES string of the molecule is O=C(NCc1ccc2cn(Cc3ccccc3)nc2c1)c1ccc(O)cc1. The van der Waals surface area contributed by atoms with Gasteiger partial charge in [-0.25, -0.2) is 0 Å². The van der Waals surface area contributed by atoms with E-state index in [1.165, 1.54) is 17.7 Å². The maximum absolute atomic E-state index is 12.2. The number of aromatic hydroxyl groups is 1. The average Bonchev–Trinajstić information content (AvgIpc) is 3.09. The molecule has 4 aromatic rings. The third kappa shape index (κ3) is 3.98. The topological polar surface area (TPSA) is 67.2 Å². The largest absolute Gasteiger partial charge is 0.508 e. The average molecular weight is 357 g/mol. The number of carbonyl (C=O) groups excluding carboxylic acids is 1. The van der Waals surface area contributed by atoms with Gasteiger partial charge in [0.2, 0.25) is 0 Å². The lowest BCUT2D eigenvalue weighted by molar-refractivity contribution is 0.0951. The summed E-state index contributed by atoms with van der Waals surface area (Å²) in [6.45, 7) is 1.14. The molecular formula is C22H19N3O2. The molecule has 0 fully saturated rings. The van der Waals surface area contributed by atoms with Crippen molar-refractivity contribution in [2.75, 3.05) is 0 Å². The summed E-state index contributed by atoms with van der Waals surface area (Å²) >= 11 is 0. The molecule has 5 nitrogen and oxygen atoms in total. The fourth-order valence-corrected chi connectivity index (χ4v) is 2.97. The first kappa shape index (κ1) is 16.8. The Hall–Kier alpha value is -3.60. The molecule has 0 bridgehead atoms. The molecule has 0 radical (unpaired) electrons. The summed E-state index contributed by atoms with van der Waals surface area (Å²) in [6.07, 6.45) is 2.03. The van der Waals surface area contributed by atoms with Crippen LogP contribution >= 0.6 is 0 Å². The molecule has 0 saturated heterocycles. The van der Waals surface area contributed by atoms with E-state index in [4.69, 9.17) is 0 Å². The lowest BCUT2D eigenvalue weighted by atomic mass is 10.1. The number of benzene rings is 3. The molecule has 0 aliphatic heterocycles. The predicted octanol–water partition coefficient (Wildman–Crippen LogP) is 3.72. The normalized spacial score (nSPS) is 10.8. The minimum atomic E-state index is -0.176. The summed E-state index contributed by atoms with van der Waals surface area (Å²) in [5.41, 5.74) is 3.61. The van der Waals surface area contributed by atoms with E-state index in [1.54, 1.807) is 12.1 Å². The third-order valence-electron chi connectivity index (χ3n) is 4.39. The fourth-order valence-electron chi connectivity index (χ4n) is 2.97. The highest BCUT2D eigenvalue weighted by Crippen LogP contribution is 2.16. The van der Waals surface area contributed by atoms with Gasteiger partial charge in [-0.3, -0.25) is 9.48 Å². The van der Waals surface area contributed by atoms with Crippen molar-refractivity contribution in [3.05, 3.63) is 95.7 Å². The smallest absolute Gasteiger partial charge is 0.251 e. The van der Waals surface area contributed by atoms with Gasteiger partial charge in [0.25, 0.3) is 5.91 Å². The molecule has 134 valence electrons. The van der Waals surface area contributed by atoms with Crippen LogP contribution in [0.2, 0.25) is 0 Å². The Kier molecular flexibility index (Phi) is 4.58. The second-order valence-electron chi connectivity index (χ2n) is 6.43. The number of fused-ring (bicyclic) bond motifs is 1. The van der Waals surface area contributed by atoms with Crippen molar-refractivity contribution in [3.63, 3.8) is 0 Å². The summed E-state index contributed by atoms with van der Waals surface area (Å²) in [4.78, 5) is 12.2. The lowest BCUT2D eigenvalue weighted by Crippen LogP contribution is -2.22. The molecular weight excluding hydrogens is 338 g/mol. The molecule has 0 saturated carbocycles. The number of amides is 1. The third-order valence-corrected chi connectivity index (χ3v) is 4.39. The van der Waals surface area contributed by atoms with Crippen LogP contribution in [-0.4, -0.2) is 20.8 Å². The summed E-state index contributed by atoms with van der Waals surface area (Å²) in [7, 11) is 0. The van der Waals surface area contributed by atoms with Gasteiger partial charge in [0.05, 0.1) is 12.1 Å². The monoisotopic (exact) mass is 357 g/mol. The van der Waals surface area contributed by atoms with Gasteiger partial charge in [-0.15, -0.1) is 0 Å². The van der Waals surface area contributed by atoms with Gasteiger partial charge < -0.3 is 10.4 Å². The van der Waals surface area contributed by atoms with Crippen molar-refractivity contribution in [3.8, 4) is 5.75 Å². The highest BCUT2D eigenvalue weighted by atomic mass is 16.3. The van der Waals surface area contributed by atoms with E-state index in [2.05, 4.69) is 22.5 Å².